The minimum absolute atomic E-state index is 0.356. The summed E-state index contributed by atoms with van der Waals surface area (Å²) in [6.07, 6.45) is 1.51. The molecule has 0 aliphatic rings. The minimum atomic E-state index is -0.356. The van der Waals surface area contributed by atoms with E-state index in [2.05, 4.69) is 26.2 Å². The Balaban J connectivity index is 2.10. The van der Waals surface area contributed by atoms with Crippen LogP contribution in [0.5, 0.6) is 0 Å². The molecular formula is C15H15BrN2O2. The number of hydrogen-bond donors (Lipinski definition) is 1. The van der Waals surface area contributed by atoms with Crippen LogP contribution in [0.3, 0.4) is 0 Å². The minimum Gasteiger partial charge on any atom is -0.462 e. The van der Waals surface area contributed by atoms with Gasteiger partial charge in [0.05, 0.1) is 12.2 Å². The maximum absolute atomic E-state index is 11.5. The molecule has 0 spiro atoms. The second-order valence-electron chi connectivity index (χ2n) is 4.24. The van der Waals surface area contributed by atoms with Crippen LogP contribution in [0.2, 0.25) is 0 Å². The van der Waals surface area contributed by atoms with Crippen LogP contribution in [0.15, 0.2) is 41.0 Å². The van der Waals surface area contributed by atoms with Gasteiger partial charge in [0.25, 0.3) is 0 Å². The summed E-state index contributed by atoms with van der Waals surface area (Å²) in [5.74, 6) is 0.325. The largest absolute Gasteiger partial charge is 0.462 e. The molecule has 1 aromatic heterocycles. The lowest BCUT2D eigenvalue weighted by Gasteiger charge is -2.08. The average molecular weight is 335 g/mol. The number of pyridine rings is 1. The zero-order valence-corrected chi connectivity index (χ0v) is 12.9. The third-order valence-corrected chi connectivity index (χ3v) is 3.59. The number of benzene rings is 1. The molecule has 1 N–H and O–H groups in total. The summed E-state index contributed by atoms with van der Waals surface area (Å²) >= 11 is 3.46. The van der Waals surface area contributed by atoms with E-state index >= 15 is 0 Å². The number of anilines is 2. The maximum Gasteiger partial charge on any atom is 0.339 e. The maximum atomic E-state index is 11.5. The first-order valence-corrected chi connectivity index (χ1v) is 7.06. The highest BCUT2D eigenvalue weighted by Gasteiger charge is 2.06. The van der Waals surface area contributed by atoms with Gasteiger partial charge in [-0.3, -0.25) is 0 Å². The number of rotatable bonds is 4. The molecule has 0 bridgehead atoms. The number of aryl methyl sites for hydroxylation is 1. The van der Waals surface area contributed by atoms with Crippen molar-refractivity contribution in [3.63, 3.8) is 0 Å². The van der Waals surface area contributed by atoms with Gasteiger partial charge in [0.15, 0.2) is 0 Å². The van der Waals surface area contributed by atoms with Crippen molar-refractivity contribution in [1.82, 2.24) is 4.98 Å². The predicted octanol–water partition coefficient (Wildman–Crippen LogP) is 4.07. The second-order valence-corrected chi connectivity index (χ2v) is 5.10. The van der Waals surface area contributed by atoms with Gasteiger partial charge in [-0.1, -0.05) is 15.9 Å². The number of esters is 1. The Labute approximate surface area is 126 Å². The number of nitrogens with one attached hydrogen (secondary N) is 1. The molecule has 5 heteroatoms. The Hall–Kier alpha value is -1.88. The highest BCUT2D eigenvalue weighted by atomic mass is 79.9. The Kier molecular flexibility index (Phi) is 4.74. The molecule has 0 atom stereocenters. The normalized spacial score (nSPS) is 10.2. The number of carbonyl (C=O) groups excluding carboxylic acids is 1. The molecule has 104 valence electrons. The lowest BCUT2D eigenvalue weighted by molar-refractivity contribution is 0.0526. The molecular weight excluding hydrogens is 320 g/mol. The SMILES string of the molecule is CCOC(=O)c1ccc(Nc2ccc(Br)c(C)c2)nc1. The molecule has 0 radical (unpaired) electrons. The van der Waals surface area contributed by atoms with Crippen molar-refractivity contribution in [2.45, 2.75) is 13.8 Å². The van der Waals surface area contributed by atoms with E-state index in [9.17, 15) is 4.79 Å². The highest BCUT2D eigenvalue weighted by molar-refractivity contribution is 9.10. The van der Waals surface area contributed by atoms with Gasteiger partial charge in [-0.15, -0.1) is 0 Å². The van der Waals surface area contributed by atoms with Gasteiger partial charge in [-0.25, -0.2) is 9.78 Å². The number of ether oxygens (including phenoxy) is 1. The van der Waals surface area contributed by atoms with Gasteiger partial charge in [0, 0.05) is 16.4 Å². The fourth-order valence-electron chi connectivity index (χ4n) is 1.67. The molecule has 0 aliphatic carbocycles. The summed E-state index contributed by atoms with van der Waals surface area (Å²) in [6, 6.07) is 9.40. The summed E-state index contributed by atoms with van der Waals surface area (Å²) < 4.78 is 5.97. The molecule has 4 nitrogen and oxygen atoms in total. The second kappa shape index (κ2) is 6.52. The van der Waals surface area contributed by atoms with Crippen molar-refractivity contribution in [1.29, 1.82) is 0 Å². The van der Waals surface area contributed by atoms with Gasteiger partial charge < -0.3 is 10.1 Å². The van der Waals surface area contributed by atoms with E-state index in [0.29, 0.717) is 18.0 Å². The van der Waals surface area contributed by atoms with Crippen molar-refractivity contribution in [2.24, 2.45) is 0 Å². The third kappa shape index (κ3) is 3.57. The lowest BCUT2D eigenvalue weighted by atomic mass is 10.2. The number of halogens is 1. The van der Waals surface area contributed by atoms with E-state index in [1.165, 1.54) is 6.20 Å². The van der Waals surface area contributed by atoms with Crippen LogP contribution in [-0.4, -0.2) is 17.6 Å². The molecule has 1 aromatic carbocycles. The van der Waals surface area contributed by atoms with Gasteiger partial charge in [-0.2, -0.15) is 0 Å². The van der Waals surface area contributed by atoms with Crippen LogP contribution >= 0.6 is 15.9 Å². The Morgan fingerprint density at radius 2 is 2.15 bits per heavy atom. The van der Waals surface area contributed by atoms with E-state index < -0.39 is 0 Å². The fourth-order valence-corrected chi connectivity index (χ4v) is 1.92. The number of hydrogen-bond acceptors (Lipinski definition) is 4. The monoisotopic (exact) mass is 334 g/mol. The van der Waals surface area contributed by atoms with Crippen LogP contribution in [0.25, 0.3) is 0 Å². The van der Waals surface area contributed by atoms with Crippen molar-refractivity contribution < 1.29 is 9.53 Å². The molecule has 20 heavy (non-hydrogen) atoms. The highest BCUT2D eigenvalue weighted by Crippen LogP contribution is 2.22. The molecule has 1 heterocycles. The van der Waals surface area contributed by atoms with Crippen LogP contribution in [0.1, 0.15) is 22.8 Å². The lowest BCUT2D eigenvalue weighted by Crippen LogP contribution is -2.05. The van der Waals surface area contributed by atoms with Crippen LogP contribution in [-0.2, 0) is 4.74 Å². The molecule has 0 fully saturated rings. The Morgan fingerprint density at radius 3 is 2.75 bits per heavy atom. The third-order valence-electron chi connectivity index (χ3n) is 2.70. The van der Waals surface area contributed by atoms with E-state index in [-0.39, 0.29) is 5.97 Å². The smallest absolute Gasteiger partial charge is 0.339 e. The number of aromatic nitrogens is 1. The van der Waals surface area contributed by atoms with Crippen molar-refractivity contribution in [3.8, 4) is 0 Å². The molecule has 0 aliphatic heterocycles. The van der Waals surface area contributed by atoms with Crippen molar-refractivity contribution in [3.05, 3.63) is 52.1 Å². The molecule has 2 aromatic rings. The summed E-state index contributed by atoms with van der Waals surface area (Å²) in [7, 11) is 0. The van der Waals surface area contributed by atoms with E-state index in [1.807, 2.05) is 25.1 Å². The summed E-state index contributed by atoms with van der Waals surface area (Å²) in [4.78, 5) is 15.7. The Morgan fingerprint density at radius 1 is 1.35 bits per heavy atom. The first kappa shape index (κ1) is 14.5. The first-order valence-electron chi connectivity index (χ1n) is 6.26. The van der Waals surface area contributed by atoms with Crippen LogP contribution in [0, 0.1) is 6.92 Å². The van der Waals surface area contributed by atoms with Crippen LogP contribution in [0.4, 0.5) is 11.5 Å². The van der Waals surface area contributed by atoms with Gasteiger partial charge >= 0.3 is 5.97 Å². The molecule has 0 saturated carbocycles. The zero-order valence-electron chi connectivity index (χ0n) is 11.3. The van der Waals surface area contributed by atoms with E-state index in [0.717, 1.165) is 15.7 Å². The van der Waals surface area contributed by atoms with Gasteiger partial charge in [-0.05, 0) is 49.7 Å². The average Bonchev–Trinajstić information content (AvgIpc) is 2.44. The van der Waals surface area contributed by atoms with Crippen molar-refractivity contribution >= 4 is 33.4 Å². The standard InChI is InChI=1S/C15H15BrN2O2/c1-3-20-15(19)11-4-7-14(17-9-11)18-12-5-6-13(16)10(2)8-12/h4-9H,3H2,1-2H3,(H,17,18). The van der Waals surface area contributed by atoms with Gasteiger partial charge in [0.1, 0.15) is 5.82 Å². The molecule has 0 saturated heterocycles. The first-order chi connectivity index (χ1) is 9.60. The fraction of sp³-hybridized carbons (Fsp3) is 0.200. The van der Waals surface area contributed by atoms with Crippen molar-refractivity contribution in [2.75, 3.05) is 11.9 Å². The topological polar surface area (TPSA) is 51.2 Å². The molecule has 2 rings (SSSR count). The quantitative estimate of drug-likeness (QED) is 0.856. The van der Waals surface area contributed by atoms with E-state index in [4.69, 9.17) is 4.74 Å². The Bertz CT molecular complexity index is 612. The predicted molar refractivity (Wildman–Crippen MR) is 82.4 cm³/mol. The number of nitrogens with zero attached hydrogens (tertiary/aromatic N) is 1. The van der Waals surface area contributed by atoms with Crippen LogP contribution < -0.4 is 5.32 Å². The summed E-state index contributed by atoms with van der Waals surface area (Å²) in [6.45, 7) is 4.15. The number of carbonyl (C=O) groups is 1. The summed E-state index contributed by atoms with van der Waals surface area (Å²) in [5.41, 5.74) is 2.53. The van der Waals surface area contributed by atoms with E-state index in [1.54, 1.807) is 19.1 Å². The zero-order chi connectivity index (χ0) is 14.5. The molecule has 0 amide bonds. The van der Waals surface area contributed by atoms with Gasteiger partial charge in [0.2, 0.25) is 0 Å². The summed E-state index contributed by atoms with van der Waals surface area (Å²) in [5, 5.41) is 3.19. The molecule has 0 unspecified atom stereocenters.